The van der Waals surface area contributed by atoms with Crippen molar-refractivity contribution in [2.45, 2.75) is 64.6 Å². The second-order valence-electron chi connectivity index (χ2n) is 9.48. The van der Waals surface area contributed by atoms with Gasteiger partial charge in [0.05, 0.1) is 0 Å². The summed E-state index contributed by atoms with van der Waals surface area (Å²) in [5.74, 6) is -0.0310. The van der Waals surface area contributed by atoms with Crippen molar-refractivity contribution in [1.29, 1.82) is 0 Å². The van der Waals surface area contributed by atoms with E-state index in [4.69, 9.17) is 0 Å². The van der Waals surface area contributed by atoms with E-state index in [9.17, 15) is 9.59 Å². The molecule has 2 atom stereocenters. The molecule has 0 saturated carbocycles. The molecular weight excluding hydrogens is 338 g/mol. The summed E-state index contributed by atoms with van der Waals surface area (Å²) < 4.78 is 0. The molecule has 1 aromatic rings. The first-order valence-corrected chi connectivity index (χ1v) is 10.0. The zero-order valence-electron chi connectivity index (χ0n) is 17.3. The maximum atomic E-state index is 13.0. The molecule has 0 aliphatic carbocycles. The van der Waals surface area contributed by atoms with Gasteiger partial charge in [-0.15, -0.1) is 0 Å². The van der Waals surface area contributed by atoms with Gasteiger partial charge in [0.1, 0.15) is 0 Å². The molecule has 148 valence electrons. The molecule has 2 aliphatic rings. The minimum atomic E-state index is -0.0397. The highest BCUT2D eigenvalue weighted by molar-refractivity contribution is 5.99. The third-order valence-corrected chi connectivity index (χ3v) is 5.73. The molecule has 5 nitrogen and oxygen atoms in total. The Hall–Kier alpha value is -1.88. The number of carbonyl (C=O) groups is 2. The lowest BCUT2D eigenvalue weighted by Gasteiger charge is -2.35. The van der Waals surface area contributed by atoms with Gasteiger partial charge in [-0.05, 0) is 49.3 Å². The number of piperidine rings is 1. The van der Waals surface area contributed by atoms with Gasteiger partial charge in [-0.3, -0.25) is 9.59 Å². The summed E-state index contributed by atoms with van der Waals surface area (Å²) >= 11 is 0. The largest absolute Gasteiger partial charge is 0.341 e. The molecular formula is C22H33N3O2. The zero-order valence-corrected chi connectivity index (χ0v) is 17.3. The number of amides is 2. The first-order chi connectivity index (χ1) is 12.6. The quantitative estimate of drug-likeness (QED) is 0.884. The van der Waals surface area contributed by atoms with E-state index in [0.29, 0.717) is 29.8 Å². The summed E-state index contributed by atoms with van der Waals surface area (Å²) in [6, 6.07) is 8.53. The predicted molar refractivity (Wildman–Crippen MR) is 108 cm³/mol. The number of carbonyl (C=O) groups excluding carboxylic acids is 2. The van der Waals surface area contributed by atoms with Gasteiger partial charge >= 0.3 is 0 Å². The van der Waals surface area contributed by atoms with Crippen LogP contribution in [0, 0.1) is 5.41 Å². The van der Waals surface area contributed by atoms with Crippen LogP contribution < -0.4 is 5.32 Å². The van der Waals surface area contributed by atoms with Crippen molar-refractivity contribution in [2.24, 2.45) is 5.41 Å². The Bertz CT molecular complexity index is 698. The molecule has 2 aliphatic heterocycles. The summed E-state index contributed by atoms with van der Waals surface area (Å²) in [7, 11) is 3.72. The first kappa shape index (κ1) is 19.9. The Morgan fingerprint density at radius 3 is 2.15 bits per heavy atom. The van der Waals surface area contributed by atoms with Crippen LogP contribution in [0.4, 0.5) is 0 Å². The molecule has 0 spiro atoms. The number of benzene rings is 1. The molecule has 5 heteroatoms. The fourth-order valence-corrected chi connectivity index (χ4v) is 4.50. The van der Waals surface area contributed by atoms with E-state index in [0.717, 1.165) is 12.8 Å². The zero-order chi connectivity index (χ0) is 19.8. The molecule has 27 heavy (non-hydrogen) atoms. The second kappa shape index (κ2) is 7.63. The van der Waals surface area contributed by atoms with E-state index in [2.05, 4.69) is 26.1 Å². The molecule has 2 unspecified atom stereocenters. The van der Waals surface area contributed by atoms with E-state index >= 15 is 0 Å². The Kier molecular flexibility index (Phi) is 5.61. The van der Waals surface area contributed by atoms with Gasteiger partial charge in [-0.2, -0.15) is 0 Å². The molecule has 0 aromatic heterocycles. The number of hydrogen-bond donors (Lipinski definition) is 1. The number of rotatable bonds is 4. The smallest absolute Gasteiger partial charge is 0.253 e. The van der Waals surface area contributed by atoms with Crippen molar-refractivity contribution >= 4 is 11.8 Å². The van der Waals surface area contributed by atoms with E-state index in [1.54, 1.807) is 17.0 Å². The minimum Gasteiger partial charge on any atom is -0.341 e. The fourth-order valence-electron chi connectivity index (χ4n) is 4.50. The summed E-state index contributed by atoms with van der Waals surface area (Å²) in [4.78, 5) is 29.4. The maximum absolute atomic E-state index is 13.0. The van der Waals surface area contributed by atoms with Crippen LogP contribution in [0.3, 0.4) is 0 Å². The van der Waals surface area contributed by atoms with Crippen LogP contribution in [-0.2, 0) is 0 Å². The highest BCUT2D eigenvalue weighted by Gasteiger charge is 2.36. The van der Waals surface area contributed by atoms with Gasteiger partial charge in [0.25, 0.3) is 11.8 Å². The minimum absolute atomic E-state index is 0.00873. The van der Waals surface area contributed by atoms with Crippen LogP contribution in [0.25, 0.3) is 0 Å². The van der Waals surface area contributed by atoms with Crippen LogP contribution in [0.5, 0.6) is 0 Å². The number of fused-ring (bicyclic) bond motifs is 2. The molecule has 2 amide bonds. The third kappa shape index (κ3) is 4.70. The van der Waals surface area contributed by atoms with Gasteiger partial charge < -0.3 is 15.1 Å². The Labute approximate surface area is 163 Å². The average Bonchev–Trinajstić information content (AvgIpc) is 2.96. The molecule has 1 aromatic carbocycles. The Balaban J connectivity index is 1.70. The summed E-state index contributed by atoms with van der Waals surface area (Å²) in [6.45, 7) is 7.00. The first-order valence-electron chi connectivity index (χ1n) is 10.0. The summed E-state index contributed by atoms with van der Waals surface area (Å²) in [5.41, 5.74) is 1.21. The second-order valence-corrected chi connectivity index (χ2v) is 9.48. The van der Waals surface area contributed by atoms with Gasteiger partial charge in [-0.25, -0.2) is 0 Å². The van der Waals surface area contributed by atoms with Crippen molar-refractivity contribution in [2.75, 3.05) is 20.6 Å². The molecule has 0 radical (unpaired) electrons. The molecule has 2 saturated heterocycles. The molecule has 2 fully saturated rings. The lowest BCUT2D eigenvalue weighted by molar-refractivity contribution is 0.0681. The number of nitrogens with zero attached hydrogens (tertiary/aromatic N) is 2. The standard InChI is InChI=1S/C22H33N3O2/c1-22(2,3)14-24(4)20(26)15-7-6-8-16(11-15)21(27)25(5)19-12-17-9-10-18(13-19)23-17/h6-8,11,17-19,23H,9-10,12-14H2,1-5H3. The highest BCUT2D eigenvalue weighted by Crippen LogP contribution is 2.30. The van der Waals surface area contributed by atoms with Crippen LogP contribution >= 0.6 is 0 Å². The highest BCUT2D eigenvalue weighted by atomic mass is 16.2. The molecule has 3 rings (SSSR count). The van der Waals surface area contributed by atoms with E-state index < -0.39 is 0 Å². The SMILES string of the molecule is CN(CC(C)(C)C)C(=O)c1cccc(C(=O)N(C)C2CC3CCC(C2)N3)c1. The maximum Gasteiger partial charge on any atom is 0.253 e. The topological polar surface area (TPSA) is 52.7 Å². The van der Waals surface area contributed by atoms with Crippen LogP contribution in [0.15, 0.2) is 24.3 Å². The van der Waals surface area contributed by atoms with Gasteiger partial charge in [0, 0.05) is 49.9 Å². The van der Waals surface area contributed by atoms with E-state index in [1.807, 2.05) is 31.1 Å². The third-order valence-electron chi connectivity index (χ3n) is 5.73. The van der Waals surface area contributed by atoms with Crippen molar-refractivity contribution in [3.63, 3.8) is 0 Å². The van der Waals surface area contributed by atoms with Gasteiger partial charge in [0.15, 0.2) is 0 Å². The number of hydrogen-bond acceptors (Lipinski definition) is 3. The van der Waals surface area contributed by atoms with Crippen LogP contribution in [0.1, 0.15) is 67.2 Å². The molecule has 2 heterocycles. The van der Waals surface area contributed by atoms with E-state index in [1.165, 1.54) is 12.8 Å². The summed E-state index contributed by atoms with van der Waals surface area (Å²) in [6.07, 6.45) is 4.47. The van der Waals surface area contributed by atoms with Crippen molar-refractivity contribution in [3.05, 3.63) is 35.4 Å². The van der Waals surface area contributed by atoms with Gasteiger partial charge in [-0.1, -0.05) is 26.8 Å². The summed E-state index contributed by atoms with van der Waals surface area (Å²) in [5, 5.41) is 3.62. The van der Waals surface area contributed by atoms with Gasteiger partial charge in [0.2, 0.25) is 0 Å². The average molecular weight is 372 g/mol. The van der Waals surface area contributed by atoms with Crippen LogP contribution in [-0.4, -0.2) is 60.4 Å². The fraction of sp³-hybridized carbons (Fsp3) is 0.636. The predicted octanol–water partition coefficient (Wildman–Crippen LogP) is 3.16. The van der Waals surface area contributed by atoms with Crippen molar-refractivity contribution in [1.82, 2.24) is 15.1 Å². The van der Waals surface area contributed by atoms with Crippen molar-refractivity contribution in [3.8, 4) is 0 Å². The molecule has 2 bridgehead atoms. The lowest BCUT2D eigenvalue weighted by Crippen LogP contribution is -2.48. The van der Waals surface area contributed by atoms with Crippen molar-refractivity contribution < 1.29 is 9.59 Å². The Morgan fingerprint density at radius 1 is 1.04 bits per heavy atom. The normalized spacial score (nSPS) is 24.6. The number of nitrogens with one attached hydrogen (secondary N) is 1. The monoisotopic (exact) mass is 371 g/mol. The lowest BCUT2D eigenvalue weighted by atomic mass is 9.96. The van der Waals surface area contributed by atoms with Crippen LogP contribution in [0.2, 0.25) is 0 Å². The van der Waals surface area contributed by atoms with E-state index in [-0.39, 0.29) is 23.3 Å². The Morgan fingerprint density at radius 2 is 1.59 bits per heavy atom. The molecule has 1 N–H and O–H groups in total.